The van der Waals surface area contributed by atoms with E-state index in [1.54, 1.807) is 11.0 Å². The van der Waals surface area contributed by atoms with Gasteiger partial charge in [-0.25, -0.2) is 4.79 Å². The molecule has 1 amide bonds. The van der Waals surface area contributed by atoms with Gasteiger partial charge in [0.1, 0.15) is 5.70 Å². The molecule has 0 saturated heterocycles. The maximum absolute atomic E-state index is 12.0. The van der Waals surface area contributed by atoms with Crippen molar-refractivity contribution < 1.29 is 14.7 Å². The molecular formula is C17H30N4O3. The van der Waals surface area contributed by atoms with E-state index in [0.29, 0.717) is 18.9 Å². The van der Waals surface area contributed by atoms with E-state index in [1.165, 1.54) is 0 Å². The lowest BCUT2D eigenvalue weighted by Gasteiger charge is -2.10. The Morgan fingerprint density at radius 1 is 1.33 bits per heavy atom. The highest BCUT2D eigenvalue weighted by Gasteiger charge is 2.50. The van der Waals surface area contributed by atoms with Gasteiger partial charge in [-0.2, -0.15) is 0 Å². The van der Waals surface area contributed by atoms with Gasteiger partial charge < -0.3 is 21.1 Å². The predicted octanol–water partition coefficient (Wildman–Crippen LogP) is 1.55. The maximum atomic E-state index is 12.0. The molecule has 0 aromatic heterocycles. The smallest absolute Gasteiger partial charge is 0.352 e. The number of carbonyl (C=O) groups excluding carboxylic acids is 1. The van der Waals surface area contributed by atoms with Crippen molar-refractivity contribution in [3.8, 4) is 0 Å². The Hall–Kier alpha value is -2.05. The molecule has 1 rings (SSSR count). The van der Waals surface area contributed by atoms with Crippen molar-refractivity contribution in [2.24, 2.45) is 22.1 Å². The number of unbranched alkanes of at least 4 members (excludes halogenated alkanes) is 3. The quantitative estimate of drug-likeness (QED) is 0.256. The lowest BCUT2D eigenvalue weighted by Crippen LogP contribution is -2.30. The van der Waals surface area contributed by atoms with Crippen LogP contribution in [0.5, 0.6) is 0 Å². The van der Waals surface area contributed by atoms with Crippen molar-refractivity contribution in [3.05, 3.63) is 11.8 Å². The molecule has 1 fully saturated rings. The zero-order chi connectivity index (χ0) is 18.3. The molecule has 1 aliphatic carbocycles. The average Bonchev–Trinajstić information content (AvgIpc) is 3.13. The molecular weight excluding hydrogens is 308 g/mol. The fourth-order valence-electron chi connectivity index (χ4n) is 2.34. The highest BCUT2D eigenvalue weighted by atomic mass is 16.4. The molecule has 0 radical (unpaired) electrons. The lowest BCUT2D eigenvalue weighted by atomic mass is 10.1. The first kappa shape index (κ1) is 20.0. The number of aliphatic imine (C=N–C) groups is 1. The largest absolute Gasteiger partial charge is 0.477 e. The first-order valence-corrected chi connectivity index (χ1v) is 8.36. The molecule has 24 heavy (non-hydrogen) atoms. The molecule has 0 heterocycles. The number of hydrogen-bond acceptors (Lipinski definition) is 3. The van der Waals surface area contributed by atoms with Crippen LogP contribution >= 0.6 is 0 Å². The number of rotatable bonds is 9. The normalized spacial score (nSPS) is 19.8. The highest BCUT2D eigenvalue weighted by Crippen LogP contribution is 2.51. The van der Waals surface area contributed by atoms with E-state index in [0.717, 1.165) is 25.7 Å². The molecule has 1 aliphatic rings. The van der Waals surface area contributed by atoms with Gasteiger partial charge in [-0.15, -0.1) is 0 Å². The second kappa shape index (κ2) is 8.70. The van der Waals surface area contributed by atoms with Crippen LogP contribution in [-0.2, 0) is 9.59 Å². The van der Waals surface area contributed by atoms with Gasteiger partial charge in [0.25, 0.3) is 0 Å². The van der Waals surface area contributed by atoms with Gasteiger partial charge in [0.2, 0.25) is 5.91 Å². The Morgan fingerprint density at radius 3 is 2.46 bits per heavy atom. The number of carbonyl (C=O) groups is 2. The Balaban J connectivity index is 2.30. The second-order valence-electron chi connectivity index (χ2n) is 7.14. The van der Waals surface area contributed by atoms with Gasteiger partial charge in [-0.1, -0.05) is 26.3 Å². The highest BCUT2D eigenvalue weighted by molar-refractivity contribution is 5.94. The van der Waals surface area contributed by atoms with Crippen molar-refractivity contribution >= 4 is 17.8 Å². The number of guanidine groups is 1. The molecule has 0 aromatic carbocycles. The van der Waals surface area contributed by atoms with Gasteiger partial charge in [0.05, 0.1) is 0 Å². The van der Waals surface area contributed by atoms with Crippen LogP contribution in [0.15, 0.2) is 16.8 Å². The molecule has 1 atom stereocenters. The van der Waals surface area contributed by atoms with Crippen LogP contribution in [0.4, 0.5) is 0 Å². The van der Waals surface area contributed by atoms with E-state index in [1.807, 2.05) is 27.9 Å². The fraction of sp³-hybridized carbons (Fsp3) is 0.706. The number of nitrogens with zero attached hydrogens (tertiary/aromatic N) is 2. The van der Waals surface area contributed by atoms with E-state index < -0.39 is 5.97 Å². The van der Waals surface area contributed by atoms with E-state index in [-0.39, 0.29) is 22.9 Å². The minimum absolute atomic E-state index is 0.0113. The first-order chi connectivity index (χ1) is 11.1. The van der Waals surface area contributed by atoms with Crippen LogP contribution in [-0.4, -0.2) is 48.5 Å². The monoisotopic (exact) mass is 338 g/mol. The number of amides is 1. The molecule has 0 spiro atoms. The Morgan fingerprint density at radius 2 is 1.96 bits per heavy atom. The Kier molecular flexibility index (Phi) is 7.25. The van der Waals surface area contributed by atoms with E-state index >= 15 is 0 Å². The van der Waals surface area contributed by atoms with Crippen molar-refractivity contribution in [2.45, 2.75) is 46.0 Å². The van der Waals surface area contributed by atoms with Crippen LogP contribution in [0.25, 0.3) is 0 Å². The standard InChI is InChI=1S/C17H30N4O3/c1-17(2)11-12(17)14(22)20-13(15(23)24)9-7-5-6-8-10-19-16(18)21(3)4/h9,12H,5-8,10-11H2,1-4H3,(H2,18,19)(H,20,22)(H,23,24)/b13-9+. The van der Waals surface area contributed by atoms with Crippen molar-refractivity contribution in [1.82, 2.24) is 10.2 Å². The molecule has 136 valence electrons. The van der Waals surface area contributed by atoms with Crippen molar-refractivity contribution in [3.63, 3.8) is 0 Å². The minimum atomic E-state index is -1.09. The van der Waals surface area contributed by atoms with Crippen molar-refractivity contribution in [1.29, 1.82) is 0 Å². The third-order valence-electron chi connectivity index (χ3n) is 4.26. The number of nitrogens with one attached hydrogen (secondary N) is 1. The zero-order valence-corrected chi connectivity index (χ0v) is 15.1. The van der Waals surface area contributed by atoms with Crippen LogP contribution in [0.3, 0.4) is 0 Å². The fourth-order valence-corrected chi connectivity index (χ4v) is 2.34. The molecule has 1 saturated carbocycles. The summed E-state index contributed by atoms with van der Waals surface area (Å²) in [5.74, 6) is -0.860. The number of hydrogen-bond donors (Lipinski definition) is 3. The number of allylic oxidation sites excluding steroid dienone is 1. The van der Waals surface area contributed by atoms with Gasteiger partial charge in [0, 0.05) is 26.6 Å². The number of carboxylic acids is 1. The predicted molar refractivity (Wildman–Crippen MR) is 94.4 cm³/mol. The zero-order valence-electron chi connectivity index (χ0n) is 15.1. The van der Waals surface area contributed by atoms with Gasteiger partial charge >= 0.3 is 5.97 Å². The van der Waals surface area contributed by atoms with Gasteiger partial charge in [-0.3, -0.25) is 9.79 Å². The Bertz CT molecular complexity index is 524. The summed E-state index contributed by atoms with van der Waals surface area (Å²) in [7, 11) is 3.68. The number of aliphatic carboxylic acids is 1. The molecule has 7 heteroatoms. The van der Waals surface area contributed by atoms with Crippen LogP contribution in [0, 0.1) is 11.3 Å². The molecule has 0 aliphatic heterocycles. The summed E-state index contributed by atoms with van der Waals surface area (Å²) in [6.45, 7) is 4.67. The summed E-state index contributed by atoms with van der Waals surface area (Å²) in [4.78, 5) is 29.2. The number of carboxylic acid groups (broad SMARTS) is 1. The first-order valence-electron chi connectivity index (χ1n) is 8.36. The summed E-state index contributed by atoms with van der Waals surface area (Å²) < 4.78 is 0. The van der Waals surface area contributed by atoms with E-state index in [4.69, 9.17) is 5.73 Å². The summed E-state index contributed by atoms with van der Waals surface area (Å²) in [6, 6.07) is 0. The summed E-state index contributed by atoms with van der Waals surface area (Å²) in [5.41, 5.74) is 5.66. The molecule has 7 nitrogen and oxygen atoms in total. The molecule has 0 bridgehead atoms. The minimum Gasteiger partial charge on any atom is -0.477 e. The summed E-state index contributed by atoms with van der Waals surface area (Å²) in [6.07, 6.45) is 5.68. The summed E-state index contributed by atoms with van der Waals surface area (Å²) in [5, 5.41) is 11.7. The average molecular weight is 338 g/mol. The van der Waals surface area contributed by atoms with Crippen LogP contribution in [0.2, 0.25) is 0 Å². The van der Waals surface area contributed by atoms with Gasteiger partial charge in [-0.05, 0) is 31.1 Å². The van der Waals surface area contributed by atoms with Crippen molar-refractivity contribution in [2.75, 3.05) is 20.6 Å². The van der Waals surface area contributed by atoms with E-state index in [2.05, 4.69) is 10.3 Å². The van der Waals surface area contributed by atoms with Crippen LogP contribution in [0.1, 0.15) is 46.0 Å². The molecule has 4 N–H and O–H groups in total. The second-order valence-corrected chi connectivity index (χ2v) is 7.14. The maximum Gasteiger partial charge on any atom is 0.352 e. The molecule has 0 aromatic rings. The van der Waals surface area contributed by atoms with E-state index in [9.17, 15) is 14.7 Å². The van der Waals surface area contributed by atoms with Gasteiger partial charge in [0.15, 0.2) is 5.96 Å². The lowest BCUT2D eigenvalue weighted by molar-refractivity contribution is -0.135. The summed E-state index contributed by atoms with van der Waals surface area (Å²) >= 11 is 0. The topological polar surface area (TPSA) is 108 Å². The number of nitrogens with two attached hydrogens (primary N) is 1. The third kappa shape index (κ3) is 6.60. The Labute approximate surface area is 144 Å². The van der Waals surface area contributed by atoms with Crippen LogP contribution < -0.4 is 11.1 Å². The SMILES string of the molecule is CN(C)C(N)=NCCCCC/C=C(/NC(=O)C1CC1(C)C)C(=O)O. The third-order valence-corrected chi connectivity index (χ3v) is 4.26. The molecule has 1 unspecified atom stereocenters.